The number of nitrogens with zero attached hydrogens (tertiary/aromatic N) is 7. The van der Waals surface area contributed by atoms with E-state index in [9.17, 15) is 14.7 Å². The smallest absolute Gasteiger partial charge is 0.407 e. The lowest BCUT2D eigenvalue weighted by molar-refractivity contribution is -0.117. The van der Waals surface area contributed by atoms with E-state index in [1.54, 1.807) is 0 Å². The number of hydrogen-bond donors (Lipinski definition) is 2. The summed E-state index contributed by atoms with van der Waals surface area (Å²) < 4.78 is 4.93. The lowest BCUT2D eigenvalue weighted by Crippen LogP contribution is -2.38. The maximum Gasteiger partial charge on any atom is 0.407 e. The number of pyridine rings is 1. The number of thiazole rings is 1. The average Bonchev–Trinajstić information content (AvgIpc) is 3.35. The zero-order valence-corrected chi connectivity index (χ0v) is 22.4. The highest BCUT2D eigenvalue weighted by atomic mass is 32.2. The van der Waals surface area contributed by atoms with Crippen LogP contribution < -0.4 is 5.32 Å². The largest absolute Gasteiger partial charge is 0.465 e. The minimum absolute atomic E-state index is 0.0588. The summed E-state index contributed by atoms with van der Waals surface area (Å²) in [6.45, 7) is 1.04. The zero-order chi connectivity index (χ0) is 26.5. The number of fused-ring (bicyclic) bond motifs is 2. The standard InChI is InChI=1S/C26H24N8O3S2/c35-23(15-1-2-15)29-24-28-20-5-4-19(11-21(20)39-24)38-25-31-30-22-6-3-16(13-33(22)25)17-12-27-34(14-17)18-7-9-32(10-8-18)26(36)37/h3-6,11-15,18H,1-2,7-10H2,(H,36,37)(H,28,29,35). The number of hydrogen-bond acceptors (Lipinski definition) is 8. The second-order valence-electron chi connectivity index (χ2n) is 9.85. The molecule has 1 aromatic carbocycles. The number of amides is 2. The van der Waals surface area contributed by atoms with Gasteiger partial charge < -0.3 is 15.3 Å². The monoisotopic (exact) mass is 560 g/mol. The number of piperidine rings is 1. The SMILES string of the molecule is O=C(Nc1nc2ccc(Sc3nnc4ccc(-c5cnn(C6CCN(C(=O)O)CC6)c5)cn34)cc2s1)C1CC1. The van der Waals surface area contributed by atoms with Crippen molar-refractivity contribution in [2.24, 2.45) is 5.92 Å². The molecule has 0 unspecified atom stereocenters. The molecule has 1 saturated heterocycles. The first-order valence-corrected chi connectivity index (χ1v) is 14.4. The van der Waals surface area contributed by atoms with E-state index >= 15 is 0 Å². The van der Waals surface area contributed by atoms with Crippen LogP contribution in [0.4, 0.5) is 9.93 Å². The molecule has 2 aliphatic rings. The number of carboxylic acid groups (broad SMARTS) is 1. The van der Waals surface area contributed by atoms with Crippen LogP contribution >= 0.6 is 23.1 Å². The fourth-order valence-electron chi connectivity index (χ4n) is 4.80. The van der Waals surface area contributed by atoms with Gasteiger partial charge >= 0.3 is 6.09 Å². The Morgan fingerprint density at radius 3 is 2.67 bits per heavy atom. The van der Waals surface area contributed by atoms with Gasteiger partial charge in [0.15, 0.2) is 15.9 Å². The van der Waals surface area contributed by atoms with Gasteiger partial charge in [-0.3, -0.25) is 13.9 Å². The summed E-state index contributed by atoms with van der Waals surface area (Å²) in [6.07, 6.45) is 8.44. The number of rotatable bonds is 6. The summed E-state index contributed by atoms with van der Waals surface area (Å²) in [5.74, 6) is 0.198. The van der Waals surface area contributed by atoms with E-state index in [0.717, 1.165) is 62.7 Å². The van der Waals surface area contributed by atoms with Gasteiger partial charge in [0.25, 0.3) is 0 Å². The predicted molar refractivity (Wildman–Crippen MR) is 147 cm³/mol. The van der Waals surface area contributed by atoms with Crippen molar-refractivity contribution in [3.63, 3.8) is 0 Å². The molecule has 1 saturated carbocycles. The van der Waals surface area contributed by atoms with Gasteiger partial charge in [0, 0.05) is 47.4 Å². The molecule has 2 N–H and O–H groups in total. The second-order valence-corrected chi connectivity index (χ2v) is 11.9. The highest BCUT2D eigenvalue weighted by Gasteiger charge is 2.30. The maximum atomic E-state index is 12.1. The highest BCUT2D eigenvalue weighted by Crippen LogP contribution is 2.35. The molecule has 0 radical (unpaired) electrons. The van der Waals surface area contributed by atoms with E-state index in [-0.39, 0.29) is 17.9 Å². The van der Waals surface area contributed by atoms with Crippen LogP contribution in [0.25, 0.3) is 27.0 Å². The summed E-state index contributed by atoms with van der Waals surface area (Å²) in [6, 6.07) is 10.2. The van der Waals surface area contributed by atoms with E-state index in [4.69, 9.17) is 0 Å². The Morgan fingerprint density at radius 1 is 1.03 bits per heavy atom. The minimum Gasteiger partial charge on any atom is -0.465 e. The first kappa shape index (κ1) is 24.1. The third-order valence-corrected chi connectivity index (χ3v) is 9.05. The number of carbonyl (C=O) groups excluding carboxylic acids is 1. The van der Waals surface area contributed by atoms with Crippen molar-refractivity contribution >= 4 is 56.1 Å². The maximum absolute atomic E-state index is 12.1. The van der Waals surface area contributed by atoms with E-state index in [0.29, 0.717) is 18.2 Å². The molecule has 2 amide bonds. The quantitative estimate of drug-likeness (QED) is 0.296. The topological polar surface area (TPSA) is 131 Å². The molecule has 4 aromatic heterocycles. The Labute approximate surface area is 230 Å². The normalized spacial score (nSPS) is 16.3. The van der Waals surface area contributed by atoms with Crippen molar-refractivity contribution in [2.75, 3.05) is 18.4 Å². The number of benzene rings is 1. The van der Waals surface area contributed by atoms with Gasteiger partial charge in [-0.25, -0.2) is 9.78 Å². The van der Waals surface area contributed by atoms with Crippen LogP contribution in [0.3, 0.4) is 0 Å². The molecular weight excluding hydrogens is 536 g/mol. The summed E-state index contributed by atoms with van der Waals surface area (Å²) in [7, 11) is 0. The Hall–Kier alpha value is -3.97. The van der Waals surface area contributed by atoms with Crippen LogP contribution in [0.2, 0.25) is 0 Å². The zero-order valence-electron chi connectivity index (χ0n) is 20.7. The molecule has 5 aromatic rings. The van der Waals surface area contributed by atoms with Gasteiger partial charge in [-0.15, -0.1) is 10.2 Å². The molecule has 1 aliphatic carbocycles. The third-order valence-electron chi connectivity index (χ3n) is 7.16. The fraction of sp³-hybridized carbons (Fsp3) is 0.308. The van der Waals surface area contributed by atoms with Gasteiger partial charge in [-0.1, -0.05) is 11.3 Å². The van der Waals surface area contributed by atoms with Gasteiger partial charge in [-0.2, -0.15) is 5.10 Å². The second kappa shape index (κ2) is 9.65. The third kappa shape index (κ3) is 4.83. The van der Waals surface area contributed by atoms with Crippen molar-refractivity contribution < 1.29 is 14.7 Å². The first-order valence-electron chi connectivity index (χ1n) is 12.8. The Kier molecular flexibility index (Phi) is 5.96. The molecule has 0 spiro atoms. The van der Waals surface area contributed by atoms with E-state index in [1.165, 1.54) is 28.0 Å². The molecule has 13 heteroatoms. The van der Waals surface area contributed by atoms with Crippen LogP contribution in [-0.4, -0.2) is 64.5 Å². The summed E-state index contributed by atoms with van der Waals surface area (Å²) in [4.78, 5) is 30.3. The van der Waals surface area contributed by atoms with Crippen LogP contribution in [0.15, 0.2) is 59.0 Å². The van der Waals surface area contributed by atoms with Crippen molar-refractivity contribution in [3.8, 4) is 11.1 Å². The molecule has 0 bridgehead atoms. The van der Waals surface area contributed by atoms with Gasteiger partial charge in [-0.05, 0) is 67.8 Å². The highest BCUT2D eigenvalue weighted by molar-refractivity contribution is 7.99. The summed E-state index contributed by atoms with van der Waals surface area (Å²) in [5.41, 5.74) is 3.58. The van der Waals surface area contributed by atoms with Gasteiger partial charge in [0.2, 0.25) is 5.91 Å². The molecular formula is C26H24N8O3S2. The number of anilines is 1. The van der Waals surface area contributed by atoms with Crippen molar-refractivity contribution in [2.45, 2.75) is 41.8 Å². The molecule has 198 valence electrons. The summed E-state index contributed by atoms with van der Waals surface area (Å²) >= 11 is 2.99. The van der Waals surface area contributed by atoms with Crippen molar-refractivity contribution in [3.05, 3.63) is 48.9 Å². The van der Waals surface area contributed by atoms with Crippen molar-refractivity contribution in [1.29, 1.82) is 0 Å². The molecule has 1 aliphatic heterocycles. The molecule has 2 fully saturated rings. The van der Waals surface area contributed by atoms with E-state index in [1.807, 2.05) is 51.9 Å². The minimum atomic E-state index is -0.861. The van der Waals surface area contributed by atoms with Crippen molar-refractivity contribution in [1.82, 2.24) is 34.3 Å². The lowest BCUT2D eigenvalue weighted by atomic mass is 10.1. The Morgan fingerprint density at radius 2 is 1.87 bits per heavy atom. The van der Waals surface area contributed by atoms with Gasteiger partial charge in [0.1, 0.15) is 0 Å². The van der Waals surface area contributed by atoms with E-state index < -0.39 is 6.09 Å². The van der Waals surface area contributed by atoms with Crippen LogP contribution in [0.1, 0.15) is 31.7 Å². The molecule has 11 nitrogen and oxygen atoms in total. The summed E-state index contributed by atoms with van der Waals surface area (Å²) in [5, 5.41) is 26.8. The fourth-order valence-corrected chi connectivity index (χ4v) is 6.63. The van der Waals surface area contributed by atoms with Crippen LogP contribution in [-0.2, 0) is 4.79 Å². The lowest BCUT2D eigenvalue weighted by Gasteiger charge is -2.30. The first-order chi connectivity index (χ1) is 19.0. The molecule has 7 rings (SSSR count). The number of likely N-dealkylation sites (tertiary alicyclic amines) is 1. The number of aromatic nitrogens is 6. The van der Waals surface area contributed by atoms with E-state index in [2.05, 4.69) is 31.7 Å². The van der Waals surface area contributed by atoms with Gasteiger partial charge in [0.05, 0.1) is 22.5 Å². The number of carbonyl (C=O) groups is 2. The molecule has 39 heavy (non-hydrogen) atoms. The molecule has 0 atom stereocenters. The molecule has 5 heterocycles. The Bertz CT molecular complexity index is 1710. The van der Waals surface area contributed by atoms with Crippen LogP contribution in [0.5, 0.6) is 0 Å². The van der Waals surface area contributed by atoms with Crippen LogP contribution in [0, 0.1) is 5.92 Å². The average molecular weight is 561 g/mol. The number of nitrogens with one attached hydrogen (secondary N) is 1. The predicted octanol–water partition coefficient (Wildman–Crippen LogP) is 5.02. The Balaban J connectivity index is 1.10.